The molecular weight excluding hydrogens is 368 g/mol. The van der Waals surface area contributed by atoms with Crippen LogP contribution in [0.4, 0.5) is 0 Å². The molecule has 0 aromatic heterocycles. The quantitative estimate of drug-likeness (QED) is 0.114. The Bertz CT molecular complexity index is 340. The molecule has 0 aliphatic heterocycles. The SMILES string of the molecule is CCCCCCCCCCCC(=O)OCCCCCCCCCCCCC(C)CC. The first-order valence-electron chi connectivity index (χ1n) is 13.9. The summed E-state index contributed by atoms with van der Waals surface area (Å²) in [7, 11) is 0. The number of unbranched alkanes of at least 4 members (excludes halogenated alkanes) is 17. The molecule has 1 atom stereocenters. The summed E-state index contributed by atoms with van der Waals surface area (Å²) in [5.74, 6) is 0.936. The van der Waals surface area contributed by atoms with Gasteiger partial charge in [-0.05, 0) is 18.8 Å². The summed E-state index contributed by atoms with van der Waals surface area (Å²) in [4.78, 5) is 11.8. The van der Waals surface area contributed by atoms with Crippen LogP contribution in [0.3, 0.4) is 0 Å². The summed E-state index contributed by atoms with van der Waals surface area (Å²) >= 11 is 0. The second-order valence-corrected chi connectivity index (χ2v) is 9.64. The van der Waals surface area contributed by atoms with Crippen LogP contribution in [0.5, 0.6) is 0 Å². The maximum atomic E-state index is 11.8. The summed E-state index contributed by atoms with van der Waals surface area (Å²) in [5, 5.41) is 0. The van der Waals surface area contributed by atoms with Crippen LogP contribution in [-0.4, -0.2) is 12.6 Å². The Morgan fingerprint density at radius 1 is 0.600 bits per heavy atom. The number of esters is 1. The molecule has 0 heterocycles. The number of carbonyl (C=O) groups is 1. The van der Waals surface area contributed by atoms with Gasteiger partial charge in [-0.1, -0.05) is 143 Å². The average Bonchev–Trinajstić information content (AvgIpc) is 2.75. The molecule has 0 saturated heterocycles. The van der Waals surface area contributed by atoms with Gasteiger partial charge >= 0.3 is 5.97 Å². The van der Waals surface area contributed by atoms with Crippen LogP contribution in [0, 0.1) is 5.92 Å². The van der Waals surface area contributed by atoms with E-state index in [-0.39, 0.29) is 5.97 Å². The lowest BCUT2D eigenvalue weighted by molar-refractivity contribution is -0.143. The molecule has 0 spiro atoms. The van der Waals surface area contributed by atoms with Crippen LogP contribution in [-0.2, 0) is 9.53 Å². The fourth-order valence-electron chi connectivity index (χ4n) is 4.05. The van der Waals surface area contributed by atoms with E-state index in [0.717, 1.165) is 18.8 Å². The van der Waals surface area contributed by atoms with Gasteiger partial charge in [0, 0.05) is 6.42 Å². The molecule has 30 heavy (non-hydrogen) atoms. The van der Waals surface area contributed by atoms with E-state index in [1.165, 1.54) is 122 Å². The summed E-state index contributed by atoms with van der Waals surface area (Å²) in [5.41, 5.74) is 0. The van der Waals surface area contributed by atoms with Crippen molar-refractivity contribution in [1.82, 2.24) is 0 Å². The Balaban J connectivity index is 3.16. The van der Waals surface area contributed by atoms with Crippen molar-refractivity contribution in [3.8, 4) is 0 Å². The number of ether oxygens (including phenoxy) is 1. The van der Waals surface area contributed by atoms with Crippen LogP contribution < -0.4 is 0 Å². The topological polar surface area (TPSA) is 26.3 Å². The first kappa shape index (κ1) is 29.5. The highest BCUT2D eigenvalue weighted by Crippen LogP contribution is 2.15. The van der Waals surface area contributed by atoms with Crippen LogP contribution in [0.25, 0.3) is 0 Å². The van der Waals surface area contributed by atoms with E-state index < -0.39 is 0 Å². The van der Waals surface area contributed by atoms with Crippen molar-refractivity contribution in [2.24, 2.45) is 5.92 Å². The smallest absolute Gasteiger partial charge is 0.305 e. The highest BCUT2D eigenvalue weighted by molar-refractivity contribution is 5.69. The van der Waals surface area contributed by atoms with Gasteiger partial charge < -0.3 is 4.74 Å². The van der Waals surface area contributed by atoms with Gasteiger partial charge in [-0.2, -0.15) is 0 Å². The standard InChI is InChI=1S/C28H56O2/c1-4-6-7-8-9-12-16-19-22-25-28(29)30-26-23-20-17-14-11-10-13-15-18-21-24-27(3)5-2/h27H,4-26H2,1-3H3. The van der Waals surface area contributed by atoms with Crippen LogP contribution in [0.2, 0.25) is 0 Å². The predicted molar refractivity (Wildman–Crippen MR) is 133 cm³/mol. The fraction of sp³-hybridized carbons (Fsp3) is 0.964. The minimum absolute atomic E-state index is 0.0197. The highest BCUT2D eigenvalue weighted by atomic mass is 16.5. The first-order valence-corrected chi connectivity index (χ1v) is 13.9. The zero-order valence-corrected chi connectivity index (χ0v) is 21.2. The third-order valence-corrected chi connectivity index (χ3v) is 6.54. The van der Waals surface area contributed by atoms with E-state index in [2.05, 4.69) is 20.8 Å². The van der Waals surface area contributed by atoms with Crippen molar-refractivity contribution < 1.29 is 9.53 Å². The van der Waals surface area contributed by atoms with E-state index >= 15 is 0 Å². The minimum Gasteiger partial charge on any atom is -0.466 e. The molecule has 2 nitrogen and oxygen atoms in total. The molecule has 1 unspecified atom stereocenters. The van der Waals surface area contributed by atoms with Gasteiger partial charge in [0.1, 0.15) is 0 Å². The van der Waals surface area contributed by atoms with Gasteiger partial charge in [-0.3, -0.25) is 4.79 Å². The molecule has 0 aliphatic carbocycles. The van der Waals surface area contributed by atoms with E-state index in [1.807, 2.05) is 0 Å². The molecule has 0 rings (SSSR count). The third kappa shape index (κ3) is 23.7. The maximum Gasteiger partial charge on any atom is 0.305 e. The third-order valence-electron chi connectivity index (χ3n) is 6.54. The van der Waals surface area contributed by atoms with Crippen molar-refractivity contribution in [1.29, 1.82) is 0 Å². The molecule has 0 radical (unpaired) electrons. The normalized spacial score (nSPS) is 12.2. The number of hydrogen-bond acceptors (Lipinski definition) is 2. The lowest BCUT2D eigenvalue weighted by atomic mass is 9.99. The number of carbonyl (C=O) groups excluding carboxylic acids is 1. The Labute approximate surface area is 190 Å². The fourth-order valence-corrected chi connectivity index (χ4v) is 4.05. The number of hydrogen-bond donors (Lipinski definition) is 0. The molecule has 0 saturated carbocycles. The van der Waals surface area contributed by atoms with Crippen molar-refractivity contribution in [3.05, 3.63) is 0 Å². The van der Waals surface area contributed by atoms with E-state index in [1.54, 1.807) is 0 Å². The van der Waals surface area contributed by atoms with E-state index in [0.29, 0.717) is 13.0 Å². The largest absolute Gasteiger partial charge is 0.466 e. The highest BCUT2D eigenvalue weighted by Gasteiger charge is 2.03. The van der Waals surface area contributed by atoms with E-state index in [9.17, 15) is 4.79 Å². The van der Waals surface area contributed by atoms with Crippen LogP contribution >= 0.6 is 0 Å². The second kappa shape index (κ2) is 24.7. The first-order chi connectivity index (χ1) is 14.7. The Hall–Kier alpha value is -0.530. The van der Waals surface area contributed by atoms with Gasteiger partial charge in [-0.15, -0.1) is 0 Å². The van der Waals surface area contributed by atoms with Crippen molar-refractivity contribution >= 4 is 5.97 Å². The molecule has 0 aromatic rings. The number of rotatable bonds is 24. The monoisotopic (exact) mass is 424 g/mol. The summed E-state index contributed by atoms with van der Waals surface area (Å²) in [6.45, 7) is 7.57. The molecule has 0 bridgehead atoms. The van der Waals surface area contributed by atoms with E-state index in [4.69, 9.17) is 4.74 Å². The molecule has 0 aromatic carbocycles. The summed E-state index contributed by atoms with van der Waals surface area (Å²) in [6, 6.07) is 0. The lowest BCUT2D eigenvalue weighted by Crippen LogP contribution is -2.05. The molecule has 0 amide bonds. The van der Waals surface area contributed by atoms with Gasteiger partial charge in [-0.25, -0.2) is 0 Å². The van der Waals surface area contributed by atoms with Crippen LogP contribution in [0.15, 0.2) is 0 Å². The van der Waals surface area contributed by atoms with Gasteiger partial charge in [0.2, 0.25) is 0 Å². The lowest BCUT2D eigenvalue weighted by Gasteiger charge is -2.07. The van der Waals surface area contributed by atoms with Gasteiger partial charge in [0.15, 0.2) is 0 Å². The molecule has 2 heteroatoms. The zero-order chi connectivity index (χ0) is 22.1. The Kier molecular flexibility index (Phi) is 24.3. The summed E-state index contributed by atoms with van der Waals surface area (Å²) < 4.78 is 5.38. The average molecular weight is 425 g/mol. The van der Waals surface area contributed by atoms with Gasteiger partial charge in [0.05, 0.1) is 6.61 Å². The molecule has 0 N–H and O–H groups in total. The predicted octanol–water partition coefficient (Wildman–Crippen LogP) is 9.79. The van der Waals surface area contributed by atoms with Crippen molar-refractivity contribution in [2.75, 3.05) is 6.61 Å². The molecule has 0 aliphatic rings. The minimum atomic E-state index is 0.0197. The van der Waals surface area contributed by atoms with Crippen molar-refractivity contribution in [2.45, 2.75) is 162 Å². The van der Waals surface area contributed by atoms with Gasteiger partial charge in [0.25, 0.3) is 0 Å². The van der Waals surface area contributed by atoms with Crippen molar-refractivity contribution in [3.63, 3.8) is 0 Å². The van der Waals surface area contributed by atoms with Crippen LogP contribution in [0.1, 0.15) is 162 Å². The molecule has 0 fully saturated rings. The molecule has 180 valence electrons. The maximum absolute atomic E-state index is 11.8. The second-order valence-electron chi connectivity index (χ2n) is 9.64. The Morgan fingerprint density at radius 3 is 1.53 bits per heavy atom. The summed E-state index contributed by atoms with van der Waals surface area (Å²) in [6.07, 6.45) is 28.4. The molecular formula is C28H56O2. The zero-order valence-electron chi connectivity index (χ0n) is 21.2. The Morgan fingerprint density at radius 2 is 1.03 bits per heavy atom.